The minimum atomic E-state index is -1.18. The van der Waals surface area contributed by atoms with Crippen LogP contribution in [0.2, 0.25) is 19.6 Å². The Balaban J connectivity index is 3.10. The van der Waals surface area contributed by atoms with Crippen molar-refractivity contribution in [2.45, 2.75) is 65.6 Å². The Bertz CT molecular complexity index is 358. The molecule has 0 aliphatic rings. The number of hydrogen-bond acceptors (Lipinski definition) is 0. The number of hydrogen-bond donors (Lipinski definition) is 0. The highest BCUT2D eigenvalue weighted by Crippen LogP contribution is 2.18. The lowest BCUT2D eigenvalue weighted by Crippen LogP contribution is -2.38. The van der Waals surface area contributed by atoms with E-state index in [0.29, 0.717) is 5.92 Å². The van der Waals surface area contributed by atoms with Crippen LogP contribution in [0.3, 0.4) is 0 Å². The summed E-state index contributed by atoms with van der Waals surface area (Å²) >= 11 is 0. The third-order valence-corrected chi connectivity index (χ3v) is 5.39. The number of aryl methyl sites for hydroxylation is 1. The lowest BCUT2D eigenvalue weighted by molar-refractivity contribution is 0.790. The van der Waals surface area contributed by atoms with Crippen molar-refractivity contribution in [1.29, 1.82) is 0 Å². The molecule has 96 valence electrons. The molecular formula is C16H28Si. The van der Waals surface area contributed by atoms with Gasteiger partial charge in [0.05, 0.1) is 8.07 Å². The first-order chi connectivity index (χ1) is 7.84. The summed E-state index contributed by atoms with van der Waals surface area (Å²) < 4.78 is 0. The van der Waals surface area contributed by atoms with Crippen LogP contribution in [0, 0.1) is 0 Å². The standard InChI is InChI=1S/C16H28Si/c1-7-8-9-14-10-15(13(2)3)12-16(11-14)17(4,5)6/h10-13H,7-9H2,1-6H3. The van der Waals surface area contributed by atoms with E-state index in [1.165, 1.54) is 24.8 Å². The molecule has 17 heavy (non-hydrogen) atoms. The molecule has 0 saturated carbocycles. The maximum atomic E-state index is 2.47. The van der Waals surface area contributed by atoms with Gasteiger partial charge >= 0.3 is 0 Å². The molecule has 0 fully saturated rings. The average Bonchev–Trinajstić information content (AvgIpc) is 2.24. The van der Waals surface area contributed by atoms with Gasteiger partial charge in [-0.05, 0) is 29.9 Å². The summed E-state index contributed by atoms with van der Waals surface area (Å²) in [5.74, 6) is 0.645. The second-order valence-corrected chi connectivity index (χ2v) is 11.5. The van der Waals surface area contributed by atoms with Crippen LogP contribution in [0.1, 0.15) is 50.7 Å². The zero-order valence-electron chi connectivity index (χ0n) is 12.4. The summed E-state index contributed by atoms with van der Waals surface area (Å²) in [7, 11) is -1.18. The molecule has 1 aromatic carbocycles. The van der Waals surface area contributed by atoms with Gasteiger partial charge in [-0.2, -0.15) is 0 Å². The van der Waals surface area contributed by atoms with Crippen molar-refractivity contribution in [1.82, 2.24) is 0 Å². The first-order valence-corrected chi connectivity index (χ1v) is 10.5. The first-order valence-electron chi connectivity index (χ1n) is 6.99. The molecule has 0 nitrogen and oxygen atoms in total. The maximum Gasteiger partial charge on any atom is 0.0776 e. The minimum Gasteiger partial charge on any atom is -0.0656 e. The highest BCUT2D eigenvalue weighted by molar-refractivity contribution is 6.88. The van der Waals surface area contributed by atoms with Gasteiger partial charge in [-0.1, -0.05) is 70.2 Å². The summed E-state index contributed by atoms with van der Waals surface area (Å²) in [4.78, 5) is 0. The lowest BCUT2D eigenvalue weighted by atomic mass is 9.98. The molecule has 0 aliphatic carbocycles. The smallest absolute Gasteiger partial charge is 0.0656 e. The molecule has 0 heterocycles. The minimum absolute atomic E-state index is 0.645. The monoisotopic (exact) mass is 248 g/mol. The summed E-state index contributed by atoms with van der Waals surface area (Å²) in [6.45, 7) is 14.2. The van der Waals surface area contributed by atoms with Gasteiger partial charge in [0.1, 0.15) is 0 Å². The summed E-state index contributed by atoms with van der Waals surface area (Å²) in [6, 6.07) is 7.34. The zero-order valence-corrected chi connectivity index (χ0v) is 13.4. The van der Waals surface area contributed by atoms with Crippen molar-refractivity contribution < 1.29 is 0 Å². The van der Waals surface area contributed by atoms with E-state index in [1.54, 1.807) is 10.8 Å². The Morgan fingerprint density at radius 1 is 1.06 bits per heavy atom. The van der Waals surface area contributed by atoms with Crippen molar-refractivity contribution in [3.63, 3.8) is 0 Å². The van der Waals surface area contributed by atoms with E-state index in [1.807, 2.05) is 0 Å². The summed E-state index contributed by atoms with van der Waals surface area (Å²) in [6.07, 6.45) is 3.84. The molecule has 0 aromatic heterocycles. The van der Waals surface area contributed by atoms with Crippen LogP contribution in [0.5, 0.6) is 0 Å². The second kappa shape index (κ2) is 5.86. The number of benzene rings is 1. The van der Waals surface area contributed by atoms with Gasteiger partial charge < -0.3 is 0 Å². The zero-order chi connectivity index (χ0) is 13.1. The van der Waals surface area contributed by atoms with E-state index in [4.69, 9.17) is 0 Å². The second-order valence-electron chi connectivity index (χ2n) is 6.47. The maximum absolute atomic E-state index is 2.47. The van der Waals surface area contributed by atoms with Crippen molar-refractivity contribution in [3.8, 4) is 0 Å². The Labute approximate surface area is 108 Å². The van der Waals surface area contributed by atoms with E-state index in [0.717, 1.165) is 0 Å². The normalized spacial score (nSPS) is 12.2. The van der Waals surface area contributed by atoms with Crippen LogP contribution in [-0.4, -0.2) is 8.07 Å². The van der Waals surface area contributed by atoms with E-state index in [9.17, 15) is 0 Å². The Hall–Kier alpha value is -0.563. The van der Waals surface area contributed by atoms with Gasteiger partial charge in [0.15, 0.2) is 0 Å². The van der Waals surface area contributed by atoms with Crippen molar-refractivity contribution >= 4 is 13.3 Å². The van der Waals surface area contributed by atoms with E-state index >= 15 is 0 Å². The van der Waals surface area contributed by atoms with Crippen LogP contribution >= 0.6 is 0 Å². The molecule has 0 amide bonds. The van der Waals surface area contributed by atoms with Crippen LogP contribution < -0.4 is 5.19 Å². The molecule has 1 heteroatoms. The van der Waals surface area contributed by atoms with E-state index in [2.05, 4.69) is 58.6 Å². The molecule has 0 aliphatic heterocycles. The average molecular weight is 248 g/mol. The van der Waals surface area contributed by atoms with Gasteiger partial charge in [-0.15, -0.1) is 0 Å². The van der Waals surface area contributed by atoms with Gasteiger partial charge in [-0.25, -0.2) is 0 Å². The molecule has 1 rings (SSSR count). The molecular weight excluding hydrogens is 220 g/mol. The van der Waals surface area contributed by atoms with Crippen LogP contribution in [0.4, 0.5) is 0 Å². The van der Waals surface area contributed by atoms with Crippen molar-refractivity contribution in [2.24, 2.45) is 0 Å². The van der Waals surface area contributed by atoms with E-state index < -0.39 is 8.07 Å². The number of unbranched alkanes of at least 4 members (excludes halogenated alkanes) is 1. The molecule has 0 saturated heterocycles. The molecule has 1 aromatic rings. The van der Waals surface area contributed by atoms with E-state index in [-0.39, 0.29) is 0 Å². The fourth-order valence-corrected chi connectivity index (χ4v) is 3.23. The molecule has 0 unspecified atom stereocenters. The van der Waals surface area contributed by atoms with Gasteiger partial charge in [0.25, 0.3) is 0 Å². The first kappa shape index (κ1) is 14.5. The Kier molecular flexibility index (Phi) is 5.00. The summed E-state index contributed by atoms with van der Waals surface area (Å²) in [5, 5.41) is 1.62. The van der Waals surface area contributed by atoms with Gasteiger partial charge in [0.2, 0.25) is 0 Å². The Morgan fingerprint density at radius 3 is 2.18 bits per heavy atom. The quantitative estimate of drug-likeness (QED) is 0.663. The molecule has 0 radical (unpaired) electrons. The predicted molar refractivity (Wildman–Crippen MR) is 82.1 cm³/mol. The van der Waals surface area contributed by atoms with Gasteiger partial charge in [0, 0.05) is 0 Å². The van der Waals surface area contributed by atoms with Crippen molar-refractivity contribution in [2.75, 3.05) is 0 Å². The fourth-order valence-electron chi connectivity index (χ4n) is 2.01. The third-order valence-electron chi connectivity index (χ3n) is 3.37. The van der Waals surface area contributed by atoms with Crippen LogP contribution in [0.25, 0.3) is 0 Å². The van der Waals surface area contributed by atoms with Gasteiger partial charge in [-0.3, -0.25) is 0 Å². The third kappa shape index (κ3) is 4.31. The molecule has 0 atom stereocenters. The fraction of sp³-hybridized carbons (Fsp3) is 0.625. The lowest BCUT2D eigenvalue weighted by Gasteiger charge is -2.20. The number of rotatable bonds is 5. The highest BCUT2D eigenvalue weighted by Gasteiger charge is 2.18. The SMILES string of the molecule is CCCCc1cc(C(C)C)cc([Si](C)(C)C)c1. The molecule has 0 spiro atoms. The van der Waals surface area contributed by atoms with Crippen LogP contribution in [-0.2, 0) is 6.42 Å². The van der Waals surface area contributed by atoms with Crippen molar-refractivity contribution in [3.05, 3.63) is 29.3 Å². The molecule has 0 bridgehead atoms. The van der Waals surface area contributed by atoms with Crippen LogP contribution in [0.15, 0.2) is 18.2 Å². The summed E-state index contributed by atoms with van der Waals surface area (Å²) in [5.41, 5.74) is 3.08. The highest BCUT2D eigenvalue weighted by atomic mass is 28.3. The molecule has 0 N–H and O–H groups in total. The largest absolute Gasteiger partial charge is 0.0776 e. The topological polar surface area (TPSA) is 0 Å². The predicted octanol–water partition coefficient (Wildman–Crippen LogP) is 4.70. The Morgan fingerprint density at radius 2 is 1.71 bits per heavy atom.